The summed E-state index contributed by atoms with van der Waals surface area (Å²) in [4.78, 5) is 21.2. The highest BCUT2D eigenvalue weighted by molar-refractivity contribution is 6.35. The number of carbonyl (C=O) groups is 2. The monoisotopic (exact) mass is 234 g/mol. The summed E-state index contributed by atoms with van der Waals surface area (Å²) in [6, 6.07) is 0. The first-order valence-corrected chi connectivity index (χ1v) is 5.16. The van der Waals surface area contributed by atoms with Crippen LogP contribution in [0.15, 0.2) is 10.6 Å². The lowest BCUT2D eigenvalue weighted by Gasteiger charge is -2.11. The standard InChI is InChI=1S/C10H15ClO4/c1-3-6(4-2)5-7(11)8(9(12)13)10(14)15/h6H,3-5H2,1-2H3,(H,12,13)(H,14,15). The van der Waals surface area contributed by atoms with Crippen LogP contribution in [-0.4, -0.2) is 22.2 Å². The predicted molar refractivity (Wildman–Crippen MR) is 56.8 cm³/mol. The minimum Gasteiger partial charge on any atom is -0.477 e. The van der Waals surface area contributed by atoms with Crippen LogP contribution in [0.3, 0.4) is 0 Å². The molecular formula is C10H15ClO4. The molecule has 0 unspecified atom stereocenters. The molecule has 0 heterocycles. The van der Waals surface area contributed by atoms with Crippen LogP contribution in [0, 0.1) is 5.92 Å². The first-order chi connectivity index (χ1) is 6.93. The predicted octanol–water partition coefficient (Wildman–Crippen LogP) is 2.47. The summed E-state index contributed by atoms with van der Waals surface area (Å²) in [7, 11) is 0. The van der Waals surface area contributed by atoms with Crippen LogP contribution in [-0.2, 0) is 9.59 Å². The summed E-state index contributed by atoms with van der Waals surface area (Å²) in [5.41, 5.74) is -0.719. The highest BCUT2D eigenvalue weighted by Gasteiger charge is 2.22. The van der Waals surface area contributed by atoms with Gasteiger partial charge in [-0.1, -0.05) is 38.3 Å². The van der Waals surface area contributed by atoms with Crippen LogP contribution >= 0.6 is 11.6 Å². The van der Waals surface area contributed by atoms with Gasteiger partial charge in [0.2, 0.25) is 0 Å². The van der Waals surface area contributed by atoms with E-state index in [0.717, 1.165) is 12.8 Å². The van der Waals surface area contributed by atoms with E-state index < -0.39 is 17.5 Å². The summed E-state index contributed by atoms with van der Waals surface area (Å²) in [6.45, 7) is 3.92. The average Bonchev–Trinajstić information content (AvgIpc) is 2.12. The maximum atomic E-state index is 10.6. The highest BCUT2D eigenvalue weighted by Crippen LogP contribution is 2.24. The molecule has 86 valence electrons. The van der Waals surface area contributed by atoms with E-state index >= 15 is 0 Å². The molecule has 0 aliphatic carbocycles. The number of carboxylic acid groups (broad SMARTS) is 2. The van der Waals surface area contributed by atoms with Crippen LogP contribution < -0.4 is 0 Å². The molecule has 2 N–H and O–H groups in total. The van der Waals surface area contributed by atoms with Crippen molar-refractivity contribution in [3.63, 3.8) is 0 Å². The Morgan fingerprint density at radius 1 is 1.13 bits per heavy atom. The van der Waals surface area contributed by atoms with Gasteiger partial charge in [0.15, 0.2) is 5.57 Å². The molecule has 0 aliphatic rings. The maximum Gasteiger partial charge on any atom is 0.344 e. The van der Waals surface area contributed by atoms with E-state index in [0.29, 0.717) is 6.42 Å². The Morgan fingerprint density at radius 2 is 1.53 bits per heavy atom. The van der Waals surface area contributed by atoms with Crippen molar-refractivity contribution in [3.8, 4) is 0 Å². The van der Waals surface area contributed by atoms with Crippen molar-refractivity contribution >= 4 is 23.5 Å². The molecule has 0 radical (unpaired) electrons. The number of carboxylic acids is 2. The van der Waals surface area contributed by atoms with E-state index in [9.17, 15) is 9.59 Å². The molecular weight excluding hydrogens is 220 g/mol. The Bertz CT molecular complexity index is 263. The van der Waals surface area contributed by atoms with Gasteiger partial charge in [-0.25, -0.2) is 9.59 Å². The molecule has 0 rings (SSSR count). The molecule has 0 aliphatic heterocycles. The number of hydrogen-bond donors (Lipinski definition) is 2. The van der Waals surface area contributed by atoms with Gasteiger partial charge >= 0.3 is 11.9 Å². The molecule has 0 atom stereocenters. The molecule has 0 amide bonds. The average molecular weight is 235 g/mol. The molecule has 0 aromatic rings. The molecule has 5 heteroatoms. The lowest BCUT2D eigenvalue weighted by molar-refractivity contribution is -0.140. The summed E-state index contributed by atoms with van der Waals surface area (Å²) in [5, 5.41) is 17.2. The van der Waals surface area contributed by atoms with Crippen molar-refractivity contribution in [2.75, 3.05) is 0 Å². The summed E-state index contributed by atoms with van der Waals surface area (Å²) < 4.78 is 0. The fraction of sp³-hybridized carbons (Fsp3) is 0.600. The van der Waals surface area contributed by atoms with E-state index in [-0.39, 0.29) is 11.0 Å². The molecule has 0 aromatic heterocycles. The quantitative estimate of drug-likeness (QED) is 0.421. The molecule has 0 spiro atoms. The van der Waals surface area contributed by atoms with E-state index in [1.54, 1.807) is 0 Å². The Morgan fingerprint density at radius 3 is 1.80 bits per heavy atom. The van der Waals surface area contributed by atoms with Gasteiger partial charge in [-0.05, 0) is 12.3 Å². The Labute approximate surface area is 93.5 Å². The summed E-state index contributed by atoms with van der Waals surface area (Å²) in [5.74, 6) is -2.75. The molecule has 15 heavy (non-hydrogen) atoms. The number of aliphatic carboxylic acids is 2. The van der Waals surface area contributed by atoms with Crippen LogP contribution in [0.2, 0.25) is 0 Å². The lowest BCUT2D eigenvalue weighted by atomic mass is 9.98. The number of halogens is 1. The fourth-order valence-electron chi connectivity index (χ4n) is 1.26. The summed E-state index contributed by atoms with van der Waals surface area (Å²) >= 11 is 5.71. The highest BCUT2D eigenvalue weighted by atomic mass is 35.5. The largest absolute Gasteiger partial charge is 0.477 e. The summed E-state index contributed by atoms with van der Waals surface area (Å²) in [6.07, 6.45) is 2.00. The fourth-order valence-corrected chi connectivity index (χ4v) is 1.64. The third-order valence-electron chi connectivity index (χ3n) is 2.32. The van der Waals surface area contributed by atoms with Crippen molar-refractivity contribution in [2.24, 2.45) is 5.92 Å². The third-order valence-corrected chi connectivity index (χ3v) is 2.66. The smallest absolute Gasteiger partial charge is 0.344 e. The minimum absolute atomic E-state index is 0.0799. The van der Waals surface area contributed by atoms with E-state index in [1.807, 2.05) is 13.8 Å². The van der Waals surface area contributed by atoms with Crippen LogP contribution in [0.25, 0.3) is 0 Å². The Kier molecular flexibility index (Phi) is 6.01. The van der Waals surface area contributed by atoms with Gasteiger partial charge < -0.3 is 10.2 Å². The van der Waals surface area contributed by atoms with Crippen LogP contribution in [0.5, 0.6) is 0 Å². The second kappa shape index (κ2) is 6.45. The second-order valence-electron chi connectivity index (χ2n) is 3.28. The third kappa shape index (κ3) is 4.34. The lowest BCUT2D eigenvalue weighted by Crippen LogP contribution is -2.14. The molecule has 0 aromatic carbocycles. The van der Waals surface area contributed by atoms with Gasteiger partial charge in [-0.2, -0.15) is 0 Å². The van der Waals surface area contributed by atoms with E-state index in [4.69, 9.17) is 21.8 Å². The first-order valence-electron chi connectivity index (χ1n) is 4.79. The van der Waals surface area contributed by atoms with E-state index in [1.165, 1.54) is 0 Å². The Balaban J connectivity index is 4.86. The molecule has 0 fully saturated rings. The topological polar surface area (TPSA) is 74.6 Å². The van der Waals surface area contributed by atoms with Crippen molar-refractivity contribution in [3.05, 3.63) is 10.6 Å². The molecule has 0 saturated heterocycles. The zero-order valence-corrected chi connectivity index (χ0v) is 9.54. The van der Waals surface area contributed by atoms with Crippen molar-refractivity contribution < 1.29 is 19.8 Å². The molecule has 0 saturated carbocycles. The number of allylic oxidation sites excluding steroid dienone is 1. The van der Waals surface area contributed by atoms with Gasteiger partial charge in [0.25, 0.3) is 0 Å². The zero-order chi connectivity index (χ0) is 12.0. The number of hydrogen-bond acceptors (Lipinski definition) is 2. The minimum atomic E-state index is -1.49. The Hall–Kier alpha value is -1.03. The van der Waals surface area contributed by atoms with Gasteiger partial charge in [-0.15, -0.1) is 0 Å². The van der Waals surface area contributed by atoms with Gasteiger partial charge in [-0.3, -0.25) is 0 Å². The van der Waals surface area contributed by atoms with Crippen LogP contribution in [0.4, 0.5) is 0 Å². The van der Waals surface area contributed by atoms with Crippen LogP contribution in [0.1, 0.15) is 33.1 Å². The van der Waals surface area contributed by atoms with Gasteiger partial charge in [0.1, 0.15) is 0 Å². The van der Waals surface area contributed by atoms with Crippen molar-refractivity contribution in [1.29, 1.82) is 0 Å². The van der Waals surface area contributed by atoms with Gasteiger partial charge in [0.05, 0.1) is 0 Å². The van der Waals surface area contributed by atoms with Gasteiger partial charge in [0, 0.05) is 5.03 Å². The van der Waals surface area contributed by atoms with E-state index in [2.05, 4.69) is 0 Å². The molecule has 0 bridgehead atoms. The zero-order valence-electron chi connectivity index (χ0n) is 8.79. The number of rotatable bonds is 6. The SMILES string of the molecule is CCC(CC)CC(Cl)=C(C(=O)O)C(=O)O. The second-order valence-corrected chi connectivity index (χ2v) is 3.73. The molecule has 4 nitrogen and oxygen atoms in total. The van der Waals surface area contributed by atoms with Crippen molar-refractivity contribution in [1.82, 2.24) is 0 Å². The maximum absolute atomic E-state index is 10.6. The first kappa shape index (κ1) is 14.0. The van der Waals surface area contributed by atoms with Crippen molar-refractivity contribution in [2.45, 2.75) is 33.1 Å². The normalized spacial score (nSPS) is 10.1.